The molecule has 1 saturated carbocycles. The smallest absolute Gasteiger partial charge is 0.286 e. The van der Waals surface area contributed by atoms with Gasteiger partial charge in [0.2, 0.25) is 0 Å². The van der Waals surface area contributed by atoms with Crippen LogP contribution in [0.5, 0.6) is 0 Å². The fraction of sp³-hybridized carbons (Fsp3) is 0.538. The van der Waals surface area contributed by atoms with Gasteiger partial charge in [0.15, 0.2) is 0 Å². The highest BCUT2D eigenvalue weighted by atomic mass is 16.6. The van der Waals surface area contributed by atoms with Crippen molar-refractivity contribution < 1.29 is 9.72 Å². The molecular formula is C13H17N3O4. The molecule has 0 saturated heterocycles. The van der Waals surface area contributed by atoms with E-state index in [1.54, 1.807) is 0 Å². The second kappa shape index (κ2) is 6.31. The largest absolute Gasteiger partial charge is 0.352 e. The number of nitrogens with one attached hydrogen (secondary N) is 2. The molecule has 0 aromatic carbocycles. The number of aromatic nitrogens is 1. The molecule has 0 unspecified atom stereocenters. The van der Waals surface area contributed by atoms with Gasteiger partial charge in [-0.3, -0.25) is 19.7 Å². The van der Waals surface area contributed by atoms with Gasteiger partial charge in [-0.25, -0.2) is 0 Å². The first-order chi connectivity index (χ1) is 9.58. The standard InChI is InChI=1S/C13H17N3O4/c17-12(14-7-9-4-2-1-3-5-9)11-6-10(16(19)20)8-15-13(11)18/h6,8-9H,1-5,7H2,(H,14,17)(H,15,18). The van der Waals surface area contributed by atoms with Gasteiger partial charge < -0.3 is 10.3 Å². The Morgan fingerprint density at radius 1 is 1.40 bits per heavy atom. The molecule has 1 fully saturated rings. The molecule has 7 heteroatoms. The molecule has 0 atom stereocenters. The van der Waals surface area contributed by atoms with Gasteiger partial charge in [-0.2, -0.15) is 0 Å². The third kappa shape index (κ3) is 3.43. The topological polar surface area (TPSA) is 105 Å². The molecule has 108 valence electrons. The van der Waals surface area contributed by atoms with Crippen LogP contribution in [0.2, 0.25) is 0 Å². The highest BCUT2D eigenvalue weighted by Crippen LogP contribution is 2.22. The Bertz CT molecular complexity index is 561. The summed E-state index contributed by atoms with van der Waals surface area (Å²) in [6, 6.07) is 1.01. The van der Waals surface area contributed by atoms with Crippen molar-refractivity contribution in [2.24, 2.45) is 5.92 Å². The lowest BCUT2D eigenvalue weighted by Crippen LogP contribution is -2.33. The van der Waals surface area contributed by atoms with Gasteiger partial charge in [0.05, 0.1) is 11.1 Å². The summed E-state index contributed by atoms with van der Waals surface area (Å²) in [6.45, 7) is 0.515. The van der Waals surface area contributed by atoms with Crippen LogP contribution in [-0.4, -0.2) is 22.4 Å². The summed E-state index contributed by atoms with van der Waals surface area (Å²) < 4.78 is 0. The third-order valence-corrected chi connectivity index (χ3v) is 3.62. The maximum atomic E-state index is 11.9. The van der Waals surface area contributed by atoms with E-state index in [9.17, 15) is 19.7 Å². The molecular weight excluding hydrogens is 262 g/mol. The van der Waals surface area contributed by atoms with Crippen molar-refractivity contribution in [2.75, 3.05) is 6.54 Å². The number of rotatable bonds is 4. The van der Waals surface area contributed by atoms with E-state index in [0.717, 1.165) is 37.9 Å². The lowest BCUT2D eigenvalue weighted by Gasteiger charge is -2.21. The van der Waals surface area contributed by atoms with Crippen LogP contribution in [0.15, 0.2) is 17.1 Å². The van der Waals surface area contributed by atoms with Gasteiger partial charge in [0.25, 0.3) is 17.2 Å². The molecule has 1 amide bonds. The molecule has 1 aromatic rings. The minimum atomic E-state index is -0.645. The Labute approximate surface area is 115 Å². The summed E-state index contributed by atoms with van der Waals surface area (Å²) in [6.07, 6.45) is 6.70. The molecule has 0 spiro atoms. The number of nitro groups is 1. The van der Waals surface area contributed by atoms with E-state index in [-0.39, 0.29) is 11.3 Å². The molecule has 1 heterocycles. The molecule has 0 aliphatic heterocycles. The second-order valence-corrected chi connectivity index (χ2v) is 5.07. The predicted molar refractivity (Wildman–Crippen MR) is 72.6 cm³/mol. The first-order valence-corrected chi connectivity index (χ1v) is 6.73. The molecule has 0 radical (unpaired) electrons. The average Bonchev–Trinajstić information content (AvgIpc) is 2.46. The molecule has 1 aliphatic carbocycles. The first-order valence-electron chi connectivity index (χ1n) is 6.73. The van der Waals surface area contributed by atoms with E-state index in [1.165, 1.54) is 6.42 Å². The molecule has 2 rings (SSSR count). The van der Waals surface area contributed by atoms with Gasteiger partial charge in [0.1, 0.15) is 5.56 Å². The zero-order valence-electron chi connectivity index (χ0n) is 11.1. The van der Waals surface area contributed by atoms with E-state index in [1.807, 2.05) is 0 Å². The Morgan fingerprint density at radius 3 is 2.75 bits per heavy atom. The average molecular weight is 279 g/mol. The Morgan fingerprint density at radius 2 is 2.10 bits per heavy atom. The minimum absolute atomic E-state index is 0.213. The fourth-order valence-corrected chi connectivity index (χ4v) is 2.47. The van der Waals surface area contributed by atoms with Crippen molar-refractivity contribution in [3.63, 3.8) is 0 Å². The second-order valence-electron chi connectivity index (χ2n) is 5.07. The van der Waals surface area contributed by atoms with Crippen LogP contribution in [0.4, 0.5) is 5.69 Å². The lowest BCUT2D eigenvalue weighted by molar-refractivity contribution is -0.385. The van der Waals surface area contributed by atoms with Crippen LogP contribution in [0.25, 0.3) is 0 Å². The number of H-pyrrole nitrogens is 1. The number of aromatic amines is 1. The summed E-state index contributed by atoms with van der Waals surface area (Å²) in [5.41, 5.74) is -1.13. The zero-order valence-corrected chi connectivity index (χ0v) is 11.1. The zero-order chi connectivity index (χ0) is 14.5. The van der Waals surface area contributed by atoms with Crippen LogP contribution in [0.3, 0.4) is 0 Å². The van der Waals surface area contributed by atoms with Crippen LogP contribution in [0.1, 0.15) is 42.5 Å². The highest BCUT2D eigenvalue weighted by Gasteiger charge is 2.18. The van der Waals surface area contributed by atoms with Crippen molar-refractivity contribution in [1.82, 2.24) is 10.3 Å². The van der Waals surface area contributed by atoms with Crippen molar-refractivity contribution in [1.29, 1.82) is 0 Å². The van der Waals surface area contributed by atoms with Gasteiger partial charge in [-0.15, -0.1) is 0 Å². The van der Waals surface area contributed by atoms with E-state index in [0.29, 0.717) is 12.5 Å². The van der Waals surface area contributed by atoms with E-state index >= 15 is 0 Å². The van der Waals surface area contributed by atoms with Crippen LogP contribution in [-0.2, 0) is 0 Å². The maximum absolute atomic E-state index is 11.9. The summed E-state index contributed by atoms with van der Waals surface area (Å²) in [4.78, 5) is 35.7. The number of nitrogens with zero attached hydrogens (tertiary/aromatic N) is 1. The highest BCUT2D eigenvalue weighted by molar-refractivity contribution is 5.94. The van der Waals surface area contributed by atoms with E-state index in [4.69, 9.17) is 0 Å². The number of hydrogen-bond donors (Lipinski definition) is 2. The van der Waals surface area contributed by atoms with Gasteiger partial charge >= 0.3 is 0 Å². The summed E-state index contributed by atoms with van der Waals surface area (Å²) >= 11 is 0. The lowest BCUT2D eigenvalue weighted by atomic mass is 9.89. The predicted octanol–water partition coefficient (Wildman–Crippen LogP) is 1.59. The van der Waals surface area contributed by atoms with Gasteiger partial charge in [-0.1, -0.05) is 19.3 Å². The van der Waals surface area contributed by atoms with Gasteiger partial charge in [0, 0.05) is 12.6 Å². The minimum Gasteiger partial charge on any atom is -0.352 e. The van der Waals surface area contributed by atoms with Crippen molar-refractivity contribution >= 4 is 11.6 Å². The van der Waals surface area contributed by atoms with Crippen molar-refractivity contribution in [3.8, 4) is 0 Å². The molecule has 0 bridgehead atoms. The molecule has 1 aliphatic rings. The van der Waals surface area contributed by atoms with Crippen molar-refractivity contribution in [3.05, 3.63) is 38.3 Å². The summed E-state index contributed by atoms with van der Waals surface area (Å²) in [7, 11) is 0. The summed E-state index contributed by atoms with van der Waals surface area (Å²) in [5.74, 6) is -0.119. The first kappa shape index (κ1) is 14.2. The van der Waals surface area contributed by atoms with Gasteiger partial charge in [-0.05, 0) is 18.8 Å². The molecule has 2 N–H and O–H groups in total. The third-order valence-electron chi connectivity index (χ3n) is 3.62. The van der Waals surface area contributed by atoms with Crippen LogP contribution < -0.4 is 10.9 Å². The number of carbonyl (C=O) groups is 1. The maximum Gasteiger partial charge on any atom is 0.286 e. The molecule has 7 nitrogen and oxygen atoms in total. The Hall–Kier alpha value is -2.18. The quantitative estimate of drug-likeness (QED) is 0.645. The SMILES string of the molecule is O=C(NCC1CCCCC1)c1cc([N+](=O)[O-])c[nH]c1=O. The number of amides is 1. The van der Waals surface area contributed by atoms with Crippen LogP contribution >= 0.6 is 0 Å². The normalized spacial score (nSPS) is 15.8. The van der Waals surface area contributed by atoms with Crippen LogP contribution in [0, 0.1) is 16.0 Å². The van der Waals surface area contributed by atoms with E-state index in [2.05, 4.69) is 10.3 Å². The van der Waals surface area contributed by atoms with E-state index < -0.39 is 16.4 Å². The number of carbonyl (C=O) groups excluding carboxylic acids is 1. The molecule has 1 aromatic heterocycles. The monoisotopic (exact) mass is 279 g/mol. The fourth-order valence-electron chi connectivity index (χ4n) is 2.47. The van der Waals surface area contributed by atoms with Crippen molar-refractivity contribution in [2.45, 2.75) is 32.1 Å². The number of pyridine rings is 1. The summed E-state index contributed by atoms with van der Waals surface area (Å²) in [5, 5.41) is 13.3. The Balaban J connectivity index is 2.02. The molecule has 20 heavy (non-hydrogen) atoms. The number of hydrogen-bond acceptors (Lipinski definition) is 4. The Kier molecular flexibility index (Phi) is 4.49.